The molecule has 0 aromatic rings. The lowest BCUT2D eigenvalue weighted by Gasteiger charge is -2.40. The first-order chi connectivity index (χ1) is 37.6. The van der Waals surface area contributed by atoms with Crippen LogP contribution in [0, 0.1) is 0 Å². The zero-order valence-corrected chi connectivity index (χ0v) is 48.7. The Morgan fingerprint density at radius 3 is 1.22 bits per heavy atom. The summed E-state index contributed by atoms with van der Waals surface area (Å²) in [5, 5.41) is 31.5. The van der Waals surface area contributed by atoms with Gasteiger partial charge in [-0.3, -0.25) is 14.4 Å². The lowest BCUT2D eigenvalue weighted by Crippen LogP contribution is -2.61. The van der Waals surface area contributed by atoms with Gasteiger partial charge < -0.3 is 39.0 Å². The standard InChI is InChI=1S/C65H110O12/c1-4-7-10-13-16-19-22-25-27-29-31-34-36-39-42-45-48-51-57(66)73-54-56(75-58(67)52-49-46-43-40-38-35-32-30-28-26-23-20-17-14-11-8-5-2)55-74-65-63(61(70)60(69)62(77-65)64(71)72)76-59(68)53-50-47-44-41-37-33-24-21-18-15-12-9-6-3/h12,15-17,19-21,24-28,56,60-63,65,69-70H,4-11,13-14,18,22-23,29-55H2,1-3H3,(H,71,72)/b15-12-,19-16-,20-17-,24-21-,27-25-,28-26-. The van der Waals surface area contributed by atoms with Gasteiger partial charge in [-0.2, -0.15) is 0 Å². The highest BCUT2D eigenvalue weighted by atomic mass is 16.7. The van der Waals surface area contributed by atoms with E-state index in [1.54, 1.807) is 0 Å². The molecule has 12 nitrogen and oxygen atoms in total. The first-order valence-corrected chi connectivity index (χ1v) is 30.9. The molecule has 3 N–H and O–H groups in total. The first kappa shape index (κ1) is 71.2. The number of allylic oxidation sites excluding steroid dienone is 12. The van der Waals surface area contributed by atoms with Gasteiger partial charge in [0.15, 0.2) is 24.6 Å². The van der Waals surface area contributed by atoms with Crippen molar-refractivity contribution < 1.29 is 58.2 Å². The Labute approximate surface area is 468 Å². The number of hydrogen-bond acceptors (Lipinski definition) is 11. The maximum Gasteiger partial charge on any atom is 0.335 e. The molecule has 442 valence electrons. The van der Waals surface area contributed by atoms with Crippen molar-refractivity contribution in [1.82, 2.24) is 0 Å². The van der Waals surface area contributed by atoms with Gasteiger partial charge in [-0.25, -0.2) is 4.79 Å². The number of unbranched alkanes of at least 4 members (excludes halogenated alkanes) is 26. The Morgan fingerprint density at radius 1 is 0.429 bits per heavy atom. The summed E-state index contributed by atoms with van der Waals surface area (Å²) in [4.78, 5) is 51.2. The van der Waals surface area contributed by atoms with E-state index in [4.69, 9.17) is 23.7 Å². The number of aliphatic carboxylic acids is 1. The normalized spacial score (nSPS) is 18.5. The van der Waals surface area contributed by atoms with E-state index < -0.39 is 67.3 Å². The van der Waals surface area contributed by atoms with Crippen LogP contribution in [0.2, 0.25) is 0 Å². The molecule has 0 bridgehead atoms. The fourth-order valence-electron chi connectivity index (χ4n) is 8.94. The summed E-state index contributed by atoms with van der Waals surface area (Å²) in [6.45, 7) is 5.87. The second-order valence-electron chi connectivity index (χ2n) is 21.0. The number of hydrogen-bond donors (Lipinski definition) is 3. The fraction of sp³-hybridized carbons (Fsp3) is 0.754. The molecule has 1 saturated heterocycles. The number of carbonyl (C=O) groups is 4. The van der Waals surface area contributed by atoms with Gasteiger partial charge in [0.05, 0.1) is 6.61 Å². The Kier molecular flexibility index (Phi) is 48.8. The summed E-state index contributed by atoms with van der Waals surface area (Å²) < 4.78 is 28.5. The van der Waals surface area contributed by atoms with Crippen LogP contribution >= 0.6 is 0 Å². The van der Waals surface area contributed by atoms with Crippen LogP contribution in [0.25, 0.3) is 0 Å². The van der Waals surface area contributed by atoms with Crippen molar-refractivity contribution in [3.63, 3.8) is 0 Å². The number of carbonyl (C=O) groups excluding carboxylic acids is 3. The zero-order chi connectivity index (χ0) is 56.1. The number of ether oxygens (including phenoxy) is 5. The quantitative estimate of drug-likeness (QED) is 0.0228. The number of carboxylic acids is 1. The molecular formula is C65H110O12. The lowest BCUT2D eigenvalue weighted by atomic mass is 9.98. The van der Waals surface area contributed by atoms with E-state index in [0.29, 0.717) is 19.3 Å². The maximum absolute atomic E-state index is 13.2. The predicted octanol–water partition coefficient (Wildman–Crippen LogP) is 16.1. The largest absolute Gasteiger partial charge is 0.479 e. The first-order valence-electron chi connectivity index (χ1n) is 30.9. The number of carboxylic acid groups (broad SMARTS) is 1. The zero-order valence-electron chi connectivity index (χ0n) is 48.7. The van der Waals surface area contributed by atoms with E-state index in [1.807, 2.05) is 0 Å². The van der Waals surface area contributed by atoms with Crippen LogP contribution in [0.4, 0.5) is 0 Å². The molecule has 1 rings (SSSR count). The SMILES string of the molecule is CCC/C=C\C/C=C\CCCCCCCC(=O)OC1C(OCC(COC(=O)CCCCCCCCC/C=C\C/C=C\CCCCC)OC(=O)CCCCCCCCC/C=C\C/C=C\CCCCC)OC(C(=O)O)C(O)C1O. The summed E-state index contributed by atoms with van der Waals surface area (Å²) in [7, 11) is 0. The van der Waals surface area contributed by atoms with E-state index in [2.05, 4.69) is 93.7 Å². The number of aliphatic hydroxyl groups excluding tert-OH is 2. The third-order valence-corrected chi connectivity index (χ3v) is 13.7. The molecule has 6 unspecified atom stereocenters. The number of rotatable bonds is 52. The Morgan fingerprint density at radius 2 is 0.805 bits per heavy atom. The molecule has 1 heterocycles. The van der Waals surface area contributed by atoms with Crippen LogP contribution in [-0.4, -0.2) is 89.2 Å². The summed E-state index contributed by atoms with van der Waals surface area (Å²) in [6.07, 6.45) is 54.3. The molecule has 0 aromatic carbocycles. The van der Waals surface area contributed by atoms with Crippen molar-refractivity contribution in [2.45, 2.75) is 302 Å². The number of esters is 3. The molecule has 1 aliphatic rings. The molecule has 6 atom stereocenters. The van der Waals surface area contributed by atoms with Gasteiger partial charge in [0, 0.05) is 19.3 Å². The predicted molar refractivity (Wildman–Crippen MR) is 312 cm³/mol. The molecule has 0 radical (unpaired) electrons. The molecule has 0 spiro atoms. The van der Waals surface area contributed by atoms with Gasteiger partial charge in [-0.05, 0) is 109 Å². The van der Waals surface area contributed by atoms with Crippen molar-refractivity contribution in [1.29, 1.82) is 0 Å². The summed E-state index contributed by atoms with van der Waals surface area (Å²) in [6, 6.07) is 0. The molecule has 77 heavy (non-hydrogen) atoms. The Hall–Kier alpha value is -3.84. The molecule has 1 fully saturated rings. The van der Waals surface area contributed by atoms with Crippen LogP contribution in [0.3, 0.4) is 0 Å². The molecular weight excluding hydrogens is 973 g/mol. The van der Waals surface area contributed by atoms with Crippen molar-refractivity contribution >= 4 is 23.9 Å². The minimum absolute atomic E-state index is 0.0410. The Balaban J connectivity index is 2.69. The summed E-state index contributed by atoms with van der Waals surface area (Å²) in [5.41, 5.74) is 0. The average Bonchev–Trinajstić information content (AvgIpc) is 3.42. The maximum atomic E-state index is 13.2. The molecule has 0 amide bonds. The smallest absolute Gasteiger partial charge is 0.335 e. The molecule has 1 aliphatic heterocycles. The molecule has 0 aromatic heterocycles. The average molecular weight is 1080 g/mol. The van der Waals surface area contributed by atoms with E-state index in [9.17, 15) is 34.5 Å². The van der Waals surface area contributed by atoms with Gasteiger partial charge in [0.1, 0.15) is 18.8 Å². The topological polar surface area (TPSA) is 175 Å². The lowest BCUT2D eigenvalue weighted by molar-refractivity contribution is -0.301. The van der Waals surface area contributed by atoms with E-state index in [0.717, 1.165) is 135 Å². The summed E-state index contributed by atoms with van der Waals surface area (Å²) in [5.74, 6) is -3.15. The van der Waals surface area contributed by atoms with Gasteiger partial charge in [0.2, 0.25) is 0 Å². The van der Waals surface area contributed by atoms with Gasteiger partial charge in [-0.1, -0.05) is 209 Å². The van der Waals surface area contributed by atoms with Crippen LogP contribution in [0.5, 0.6) is 0 Å². The van der Waals surface area contributed by atoms with Crippen LogP contribution < -0.4 is 0 Å². The second-order valence-corrected chi connectivity index (χ2v) is 21.0. The minimum atomic E-state index is -1.91. The second kappa shape index (κ2) is 52.8. The van der Waals surface area contributed by atoms with Crippen molar-refractivity contribution in [3.8, 4) is 0 Å². The van der Waals surface area contributed by atoms with Crippen LogP contribution in [-0.2, 0) is 42.9 Å². The van der Waals surface area contributed by atoms with Gasteiger partial charge >= 0.3 is 23.9 Å². The fourth-order valence-corrected chi connectivity index (χ4v) is 8.94. The highest BCUT2D eigenvalue weighted by molar-refractivity contribution is 5.74. The van der Waals surface area contributed by atoms with Crippen LogP contribution in [0.1, 0.15) is 265 Å². The third kappa shape index (κ3) is 42.7. The van der Waals surface area contributed by atoms with Crippen molar-refractivity contribution in [3.05, 3.63) is 72.9 Å². The van der Waals surface area contributed by atoms with E-state index >= 15 is 0 Å². The molecule has 0 saturated carbocycles. The third-order valence-electron chi connectivity index (χ3n) is 13.7. The van der Waals surface area contributed by atoms with E-state index in [-0.39, 0.29) is 25.9 Å². The highest BCUT2D eigenvalue weighted by Crippen LogP contribution is 2.26. The van der Waals surface area contributed by atoms with Gasteiger partial charge in [-0.15, -0.1) is 0 Å². The van der Waals surface area contributed by atoms with Gasteiger partial charge in [0.25, 0.3) is 0 Å². The summed E-state index contributed by atoms with van der Waals surface area (Å²) >= 11 is 0. The minimum Gasteiger partial charge on any atom is -0.479 e. The Bertz CT molecular complexity index is 1620. The highest BCUT2D eigenvalue weighted by Gasteiger charge is 2.50. The molecule has 12 heteroatoms. The van der Waals surface area contributed by atoms with Crippen molar-refractivity contribution in [2.75, 3.05) is 13.2 Å². The number of aliphatic hydroxyl groups is 2. The monoisotopic (exact) mass is 1080 g/mol. The van der Waals surface area contributed by atoms with Crippen LogP contribution in [0.15, 0.2) is 72.9 Å². The molecule has 0 aliphatic carbocycles. The van der Waals surface area contributed by atoms with Crippen molar-refractivity contribution in [2.24, 2.45) is 0 Å². The van der Waals surface area contributed by atoms with E-state index in [1.165, 1.54) is 70.6 Å².